The number of amides is 1. The fourth-order valence-electron chi connectivity index (χ4n) is 5.13. The van der Waals surface area contributed by atoms with E-state index in [0.717, 1.165) is 35.5 Å². The molecular weight excluding hydrogens is 468 g/mol. The molecule has 1 saturated heterocycles. The van der Waals surface area contributed by atoms with Gasteiger partial charge in [0.15, 0.2) is 11.5 Å². The predicted octanol–water partition coefficient (Wildman–Crippen LogP) is 5.50. The summed E-state index contributed by atoms with van der Waals surface area (Å²) in [6, 6.07) is 17.8. The first-order valence-electron chi connectivity index (χ1n) is 12.5. The third-order valence-electron chi connectivity index (χ3n) is 7.04. The number of hydrogen-bond donors (Lipinski definition) is 1. The highest BCUT2D eigenvalue weighted by Crippen LogP contribution is 2.44. The number of Topliss-reactive ketones (excluding diaryl/α,β-unsaturated/α-hetero) is 1. The van der Waals surface area contributed by atoms with Crippen LogP contribution in [0.1, 0.15) is 42.1 Å². The molecule has 0 radical (unpaired) electrons. The van der Waals surface area contributed by atoms with Crippen LogP contribution in [0.25, 0.3) is 5.76 Å². The summed E-state index contributed by atoms with van der Waals surface area (Å²) in [5.74, 6) is -0.606. The van der Waals surface area contributed by atoms with Crippen molar-refractivity contribution in [1.82, 2.24) is 0 Å². The van der Waals surface area contributed by atoms with Gasteiger partial charge in [-0.2, -0.15) is 0 Å². The standard InChI is InChI=1S/C30H30N2O5/c1-5-31(6-2)22-11-8-20(9-12-22)27-26(28(33)21-10-14-24-25(16-21)37-17-36-24)29(34)30(35)32(27)23-13-7-18(3)15-19(23)4/h7-16,27,33H,5-6,17H2,1-4H3/b28-26-. The van der Waals surface area contributed by atoms with Crippen molar-refractivity contribution in [2.45, 2.75) is 33.7 Å². The molecule has 1 N–H and O–H groups in total. The number of aliphatic hydroxyl groups is 1. The Labute approximate surface area is 216 Å². The normalized spacial score (nSPS) is 17.9. The highest BCUT2D eigenvalue weighted by Gasteiger charge is 2.47. The van der Waals surface area contributed by atoms with E-state index in [1.54, 1.807) is 18.2 Å². The minimum atomic E-state index is -0.794. The van der Waals surface area contributed by atoms with Crippen molar-refractivity contribution < 1.29 is 24.2 Å². The zero-order valence-corrected chi connectivity index (χ0v) is 21.4. The molecule has 1 atom stereocenters. The number of ether oxygens (including phenoxy) is 2. The van der Waals surface area contributed by atoms with E-state index in [9.17, 15) is 14.7 Å². The van der Waals surface area contributed by atoms with E-state index in [4.69, 9.17) is 9.47 Å². The second kappa shape index (κ2) is 9.65. The Morgan fingerprint density at radius 2 is 1.65 bits per heavy atom. The molecule has 7 heteroatoms. The highest BCUT2D eigenvalue weighted by atomic mass is 16.7. The third kappa shape index (κ3) is 4.20. The Bertz CT molecular complexity index is 1410. The van der Waals surface area contributed by atoms with E-state index in [-0.39, 0.29) is 18.1 Å². The number of aryl methyl sites for hydroxylation is 2. The van der Waals surface area contributed by atoms with E-state index in [2.05, 4.69) is 18.7 Å². The number of carbonyl (C=O) groups is 2. The number of aliphatic hydroxyl groups excluding tert-OH is 1. The first-order valence-corrected chi connectivity index (χ1v) is 12.5. The molecule has 37 heavy (non-hydrogen) atoms. The topological polar surface area (TPSA) is 79.3 Å². The van der Waals surface area contributed by atoms with Crippen molar-refractivity contribution in [3.63, 3.8) is 0 Å². The lowest BCUT2D eigenvalue weighted by molar-refractivity contribution is -0.132. The number of benzene rings is 3. The highest BCUT2D eigenvalue weighted by molar-refractivity contribution is 6.51. The van der Waals surface area contributed by atoms with Crippen molar-refractivity contribution in [2.75, 3.05) is 29.7 Å². The molecular formula is C30H30N2O5. The van der Waals surface area contributed by atoms with E-state index < -0.39 is 17.7 Å². The maximum absolute atomic E-state index is 13.5. The molecule has 5 rings (SSSR count). The summed E-state index contributed by atoms with van der Waals surface area (Å²) in [5.41, 5.74) is 4.76. The fraction of sp³-hybridized carbons (Fsp3) is 0.267. The van der Waals surface area contributed by atoms with E-state index in [0.29, 0.717) is 22.7 Å². The molecule has 0 saturated carbocycles. The van der Waals surface area contributed by atoms with Gasteiger partial charge in [-0.25, -0.2) is 0 Å². The number of rotatable bonds is 6. The molecule has 1 unspecified atom stereocenters. The van der Waals surface area contributed by atoms with Gasteiger partial charge in [-0.15, -0.1) is 0 Å². The summed E-state index contributed by atoms with van der Waals surface area (Å²) in [4.78, 5) is 30.7. The van der Waals surface area contributed by atoms with E-state index in [1.165, 1.54) is 4.90 Å². The monoisotopic (exact) mass is 498 g/mol. The molecule has 1 amide bonds. The predicted molar refractivity (Wildman–Crippen MR) is 143 cm³/mol. The maximum Gasteiger partial charge on any atom is 0.300 e. The van der Waals surface area contributed by atoms with Crippen molar-refractivity contribution in [2.24, 2.45) is 0 Å². The van der Waals surface area contributed by atoms with Gasteiger partial charge < -0.3 is 19.5 Å². The van der Waals surface area contributed by atoms with E-state index in [1.807, 2.05) is 56.3 Å². The zero-order chi connectivity index (χ0) is 26.3. The summed E-state index contributed by atoms with van der Waals surface area (Å²) in [6.07, 6.45) is 0. The Kier molecular flexibility index (Phi) is 6.38. The van der Waals surface area contributed by atoms with Gasteiger partial charge in [-0.3, -0.25) is 14.5 Å². The third-order valence-corrected chi connectivity index (χ3v) is 7.04. The van der Waals surface area contributed by atoms with Crippen LogP contribution in [0.3, 0.4) is 0 Å². The molecule has 1 fully saturated rings. The van der Waals surface area contributed by atoms with Crippen LogP contribution in [-0.4, -0.2) is 36.7 Å². The molecule has 2 heterocycles. The number of anilines is 2. The molecule has 7 nitrogen and oxygen atoms in total. The van der Waals surface area contributed by atoms with Crippen molar-refractivity contribution in [3.8, 4) is 11.5 Å². The van der Waals surface area contributed by atoms with Gasteiger partial charge >= 0.3 is 0 Å². The summed E-state index contributed by atoms with van der Waals surface area (Å²) < 4.78 is 10.8. The average Bonchev–Trinajstić information content (AvgIpc) is 3.47. The van der Waals surface area contributed by atoms with Gasteiger partial charge in [0.1, 0.15) is 5.76 Å². The van der Waals surface area contributed by atoms with Crippen LogP contribution in [0, 0.1) is 13.8 Å². The van der Waals surface area contributed by atoms with Crippen LogP contribution in [0.15, 0.2) is 66.2 Å². The van der Waals surface area contributed by atoms with Crippen LogP contribution in [0.5, 0.6) is 11.5 Å². The summed E-state index contributed by atoms with van der Waals surface area (Å²) in [7, 11) is 0. The van der Waals surface area contributed by atoms with Gasteiger partial charge in [-0.05, 0) is 75.2 Å². The number of carbonyl (C=O) groups excluding carboxylic acids is 2. The molecule has 0 aromatic heterocycles. The van der Waals surface area contributed by atoms with Gasteiger partial charge in [-0.1, -0.05) is 29.8 Å². The second-order valence-corrected chi connectivity index (χ2v) is 9.29. The van der Waals surface area contributed by atoms with Crippen molar-refractivity contribution in [3.05, 3.63) is 88.5 Å². The number of hydrogen-bond acceptors (Lipinski definition) is 6. The Morgan fingerprint density at radius 3 is 2.32 bits per heavy atom. The minimum Gasteiger partial charge on any atom is -0.507 e. The SMILES string of the molecule is CCN(CC)c1ccc(C2/C(=C(/O)c3ccc4c(c3)OCO4)C(=O)C(=O)N2c2ccc(C)cc2C)cc1. The first-order chi connectivity index (χ1) is 17.8. The molecule has 3 aromatic rings. The lowest BCUT2D eigenvalue weighted by Crippen LogP contribution is -2.30. The summed E-state index contributed by atoms with van der Waals surface area (Å²) in [5, 5.41) is 11.4. The molecule has 0 spiro atoms. The summed E-state index contributed by atoms with van der Waals surface area (Å²) in [6.45, 7) is 9.90. The van der Waals surface area contributed by atoms with E-state index >= 15 is 0 Å². The van der Waals surface area contributed by atoms with Gasteiger partial charge in [0, 0.05) is 30.0 Å². The van der Waals surface area contributed by atoms with Crippen LogP contribution in [0.2, 0.25) is 0 Å². The van der Waals surface area contributed by atoms with Gasteiger partial charge in [0.25, 0.3) is 11.7 Å². The lowest BCUT2D eigenvalue weighted by Gasteiger charge is -2.28. The van der Waals surface area contributed by atoms with Gasteiger partial charge in [0.05, 0.1) is 11.6 Å². The lowest BCUT2D eigenvalue weighted by atomic mass is 9.94. The molecule has 0 bridgehead atoms. The largest absolute Gasteiger partial charge is 0.507 e. The first kappa shape index (κ1) is 24.4. The van der Waals surface area contributed by atoms with Crippen molar-refractivity contribution >= 4 is 28.8 Å². The number of nitrogens with zero attached hydrogens (tertiary/aromatic N) is 2. The molecule has 2 aliphatic rings. The fourth-order valence-corrected chi connectivity index (χ4v) is 5.13. The molecule has 2 aliphatic heterocycles. The minimum absolute atomic E-state index is 0.0411. The van der Waals surface area contributed by atoms with Crippen LogP contribution < -0.4 is 19.3 Å². The second-order valence-electron chi connectivity index (χ2n) is 9.29. The zero-order valence-electron chi connectivity index (χ0n) is 21.4. The Morgan fingerprint density at radius 1 is 0.946 bits per heavy atom. The van der Waals surface area contributed by atoms with Crippen molar-refractivity contribution in [1.29, 1.82) is 0 Å². The van der Waals surface area contributed by atoms with Crippen LogP contribution in [0.4, 0.5) is 11.4 Å². The number of fused-ring (bicyclic) bond motifs is 1. The average molecular weight is 499 g/mol. The summed E-state index contributed by atoms with van der Waals surface area (Å²) >= 11 is 0. The molecule has 3 aromatic carbocycles. The van der Waals surface area contributed by atoms with Crippen LogP contribution >= 0.6 is 0 Å². The van der Waals surface area contributed by atoms with Crippen LogP contribution in [-0.2, 0) is 9.59 Å². The smallest absolute Gasteiger partial charge is 0.300 e. The maximum atomic E-state index is 13.5. The Hall–Kier alpha value is -4.26. The molecule has 190 valence electrons. The Balaban J connectivity index is 1.68. The quantitative estimate of drug-likeness (QED) is 0.275. The van der Waals surface area contributed by atoms with Gasteiger partial charge in [0.2, 0.25) is 6.79 Å². The number of ketones is 1. The molecule has 0 aliphatic carbocycles.